The second kappa shape index (κ2) is 11.0. The molecule has 11 heteroatoms. The normalized spacial score (nSPS) is 12.8. The molecule has 2 unspecified atom stereocenters. The number of carboxylic acids is 2. The molecule has 0 aromatic heterocycles. The van der Waals surface area contributed by atoms with Crippen LogP contribution in [-0.4, -0.2) is 61.6 Å². The SMILES string of the molecule is O=C(C=Cc1ccc(O)cc1)OC(C(=O)O)C(OC(=O)C=Cc1ccc(O)c(O)c1)C(=O)O. The number of carbonyl (C=O) groups excluding carboxylic acids is 2. The highest BCUT2D eigenvalue weighted by Crippen LogP contribution is 2.25. The largest absolute Gasteiger partial charge is 0.508 e. The van der Waals surface area contributed by atoms with Crippen LogP contribution in [0.1, 0.15) is 11.1 Å². The van der Waals surface area contributed by atoms with Crippen LogP contribution < -0.4 is 0 Å². The first-order valence-corrected chi connectivity index (χ1v) is 9.11. The molecule has 2 aromatic carbocycles. The lowest BCUT2D eigenvalue weighted by Gasteiger charge is -2.19. The average molecular weight is 458 g/mol. The molecule has 0 aliphatic heterocycles. The number of phenolic OH excluding ortho intramolecular Hbond substituents is 3. The fourth-order valence-electron chi connectivity index (χ4n) is 2.37. The van der Waals surface area contributed by atoms with Crippen LogP contribution in [0, 0.1) is 0 Å². The summed E-state index contributed by atoms with van der Waals surface area (Å²) in [6.45, 7) is 0. The number of carboxylic acid groups (broad SMARTS) is 2. The number of benzene rings is 2. The zero-order chi connectivity index (χ0) is 24.5. The van der Waals surface area contributed by atoms with Crippen molar-refractivity contribution >= 4 is 36.0 Å². The van der Waals surface area contributed by atoms with Gasteiger partial charge >= 0.3 is 23.9 Å². The predicted octanol–water partition coefficient (Wildman–Crippen LogP) is 1.52. The van der Waals surface area contributed by atoms with E-state index in [4.69, 9.17) is 0 Å². The summed E-state index contributed by atoms with van der Waals surface area (Å²) in [4.78, 5) is 46.9. The molecular formula is C22H18O11. The van der Waals surface area contributed by atoms with Crippen LogP contribution >= 0.6 is 0 Å². The van der Waals surface area contributed by atoms with Gasteiger partial charge in [0.1, 0.15) is 5.75 Å². The summed E-state index contributed by atoms with van der Waals surface area (Å²) in [6, 6.07) is 9.18. The molecule has 0 saturated carbocycles. The van der Waals surface area contributed by atoms with E-state index in [0.29, 0.717) is 5.56 Å². The van der Waals surface area contributed by atoms with Gasteiger partial charge in [0.25, 0.3) is 0 Å². The number of carbonyl (C=O) groups is 4. The maximum atomic E-state index is 12.0. The Balaban J connectivity index is 2.09. The third-order valence-corrected chi connectivity index (χ3v) is 3.96. The van der Waals surface area contributed by atoms with Gasteiger partial charge in [-0.05, 0) is 47.5 Å². The maximum absolute atomic E-state index is 12.0. The quantitative estimate of drug-likeness (QED) is 0.208. The highest BCUT2D eigenvalue weighted by Gasteiger charge is 2.40. The molecule has 2 aromatic rings. The third kappa shape index (κ3) is 7.43. The van der Waals surface area contributed by atoms with Crippen LogP contribution in [0.3, 0.4) is 0 Å². The zero-order valence-corrected chi connectivity index (χ0v) is 16.7. The van der Waals surface area contributed by atoms with E-state index in [-0.39, 0.29) is 11.3 Å². The lowest BCUT2D eigenvalue weighted by Crippen LogP contribution is -2.45. The maximum Gasteiger partial charge on any atom is 0.349 e. The molecule has 0 aliphatic rings. The number of ether oxygens (including phenoxy) is 2. The first-order valence-electron chi connectivity index (χ1n) is 9.11. The Morgan fingerprint density at radius 1 is 0.667 bits per heavy atom. The van der Waals surface area contributed by atoms with Gasteiger partial charge in [-0.15, -0.1) is 0 Å². The van der Waals surface area contributed by atoms with Crippen molar-refractivity contribution in [1.82, 2.24) is 0 Å². The first kappa shape index (κ1) is 24.5. The summed E-state index contributed by atoms with van der Waals surface area (Å²) < 4.78 is 9.30. The van der Waals surface area contributed by atoms with E-state index in [9.17, 15) is 44.7 Å². The number of aliphatic carboxylic acids is 2. The van der Waals surface area contributed by atoms with Crippen LogP contribution in [0.15, 0.2) is 54.6 Å². The molecule has 0 amide bonds. The van der Waals surface area contributed by atoms with E-state index in [1.54, 1.807) is 0 Å². The highest BCUT2D eigenvalue weighted by atomic mass is 16.6. The van der Waals surface area contributed by atoms with E-state index in [1.807, 2.05) is 0 Å². The summed E-state index contributed by atoms with van der Waals surface area (Å²) in [7, 11) is 0. The number of aromatic hydroxyl groups is 3. The Kier molecular flexibility index (Phi) is 8.16. The van der Waals surface area contributed by atoms with Gasteiger partial charge in [-0.2, -0.15) is 0 Å². The molecular weight excluding hydrogens is 440 g/mol. The molecule has 0 aliphatic carbocycles. The van der Waals surface area contributed by atoms with Gasteiger partial charge in [0.05, 0.1) is 0 Å². The van der Waals surface area contributed by atoms with Gasteiger partial charge in [0.2, 0.25) is 12.2 Å². The molecule has 2 rings (SSSR count). The average Bonchev–Trinajstić information content (AvgIpc) is 2.76. The van der Waals surface area contributed by atoms with E-state index >= 15 is 0 Å². The minimum absolute atomic E-state index is 0.0111. The third-order valence-electron chi connectivity index (χ3n) is 3.96. The van der Waals surface area contributed by atoms with Crippen molar-refractivity contribution < 1.29 is 54.2 Å². The van der Waals surface area contributed by atoms with Crippen LogP contribution in [0.5, 0.6) is 17.2 Å². The number of phenols is 3. The summed E-state index contributed by atoms with van der Waals surface area (Å²) in [6.07, 6.45) is -0.776. The molecule has 0 heterocycles. The van der Waals surface area contributed by atoms with Crippen LogP contribution in [0.2, 0.25) is 0 Å². The lowest BCUT2D eigenvalue weighted by molar-refractivity contribution is -0.183. The summed E-state index contributed by atoms with van der Waals surface area (Å²) in [5, 5.41) is 46.5. The van der Waals surface area contributed by atoms with Gasteiger partial charge in [-0.1, -0.05) is 18.2 Å². The van der Waals surface area contributed by atoms with Crippen molar-refractivity contribution in [2.24, 2.45) is 0 Å². The zero-order valence-electron chi connectivity index (χ0n) is 16.7. The second-order valence-electron chi connectivity index (χ2n) is 6.40. The first-order chi connectivity index (χ1) is 15.6. The monoisotopic (exact) mass is 458 g/mol. The van der Waals surface area contributed by atoms with Crippen molar-refractivity contribution in [3.05, 3.63) is 65.7 Å². The topological polar surface area (TPSA) is 188 Å². The number of rotatable bonds is 9. The van der Waals surface area contributed by atoms with Crippen LogP contribution in [0.4, 0.5) is 0 Å². The van der Waals surface area contributed by atoms with Gasteiger partial charge in [-0.25, -0.2) is 19.2 Å². The van der Waals surface area contributed by atoms with Crippen molar-refractivity contribution in [3.8, 4) is 17.2 Å². The second-order valence-corrected chi connectivity index (χ2v) is 6.40. The predicted molar refractivity (Wildman–Crippen MR) is 111 cm³/mol. The van der Waals surface area contributed by atoms with Crippen molar-refractivity contribution in [1.29, 1.82) is 0 Å². The molecule has 0 radical (unpaired) electrons. The molecule has 2 atom stereocenters. The van der Waals surface area contributed by atoms with Crippen LogP contribution in [0.25, 0.3) is 12.2 Å². The van der Waals surface area contributed by atoms with Gasteiger partial charge in [0.15, 0.2) is 11.5 Å². The Morgan fingerprint density at radius 2 is 1.12 bits per heavy atom. The summed E-state index contributed by atoms with van der Waals surface area (Å²) >= 11 is 0. The number of hydrogen-bond donors (Lipinski definition) is 5. The van der Waals surface area contributed by atoms with Crippen molar-refractivity contribution in [2.45, 2.75) is 12.2 Å². The fraction of sp³-hybridized carbons (Fsp3) is 0.0909. The standard InChI is InChI=1S/C22H18O11/c23-14-6-1-12(2-7-14)4-9-17(26)32-19(21(28)29)20(22(30)31)33-18(27)10-5-13-3-8-15(24)16(25)11-13/h1-11,19-20,23-25H,(H,28,29)(H,30,31). The van der Waals surface area contributed by atoms with Gasteiger partial charge in [0, 0.05) is 12.2 Å². The van der Waals surface area contributed by atoms with E-state index in [1.165, 1.54) is 36.4 Å². The molecule has 0 spiro atoms. The van der Waals surface area contributed by atoms with Gasteiger partial charge in [-0.3, -0.25) is 0 Å². The highest BCUT2D eigenvalue weighted by molar-refractivity contribution is 5.93. The fourth-order valence-corrected chi connectivity index (χ4v) is 2.37. The molecule has 172 valence electrons. The lowest BCUT2D eigenvalue weighted by atomic mass is 10.2. The molecule has 33 heavy (non-hydrogen) atoms. The van der Waals surface area contributed by atoms with E-state index in [0.717, 1.165) is 30.4 Å². The van der Waals surface area contributed by atoms with Crippen molar-refractivity contribution in [3.63, 3.8) is 0 Å². The Labute approximate surface area is 186 Å². The minimum atomic E-state index is -2.36. The smallest absolute Gasteiger partial charge is 0.349 e. The molecule has 0 saturated heterocycles. The summed E-state index contributed by atoms with van der Waals surface area (Å²) in [5.74, 6) is -7.10. The van der Waals surface area contributed by atoms with E-state index in [2.05, 4.69) is 9.47 Å². The Bertz CT molecular complexity index is 1100. The van der Waals surface area contributed by atoms with Crippen LogP contribution in [-0.2, 0) is 28.7 Å². The molecule has 11 nitrogen and oxygen atoms in total. The van der Waals surface area contributed by atoms with Crippen molar-refractivity contribution in [2.75, 3.05) is 0 Å². The number of esters is 2. The summed E-state index contributed by atoms with van der Waals surface area (Å²) in [5.41, 5.74) is 0.706. The Hall–Kier alpha value is -4.80. The molecule has 0 bridgehead atoms. The molecule has 0 fully saturated rings. The van der Waals surface area contributed by atoms with Gasteiger partial charge < -0.3 is 35.0 Å². The number of hydrogen-bond acceptors (Lipinski definition) is 9. The Morgan fingerprint density at radius 3 is 1.58 bits per heavy atom. The van der Waals surface area contributed by atoms with E-state index < -0.39 is 47.6 Å². The molecule has 5 N–H and O–H groups in total. The minimum Gasteiger partial charge on any atom is -0.508 e.